The molecule has 1 unspecified atom stereocenters. The molecule has 0 spiro atoms. The fraction of sp³-hybridized carbons (Fsp3) is 0.167. The predicted molar refractivity (Wildman–Crippen MR) is 99.3 cm³/mol. The number of halogens is 1. The van der Waals surface area contributed by atoms with Crippen LogP contribution in [0.3, 0.4) is 0 Å². The molecule has 0 saturated carbocycles. The van der Waals surface area contributed by atoms with Gasteiger partial charge in [0, 0.05) is 17.4 Å². The van der Waals surface area contributed by atoms with Crippen molar-refractivity contribution in [1.82, 2.24) is 9.97 Å². The summed E-state index contributed by atoms with van der Waals surface area (Å²) in [5.74, 6) is -0.274. The summed E-state index contributed by atoms with van der Waals surface area (Å²) in [6, 6.07) is 15.1. The molecule has 3 aromatic rings. The van der Waals surface area contributed by atoms with E-state index in [0.29, 0.717) is 12.5 Å². The third kappa shape index (κ3) is 3.02. The first kappa shape index (κ1) is 15.8. The van der Waals surface area contributed by atoms with Crippen LogP contribution in [-0.4, -0.2) is 28.3 Å². The van der Waals surface area contributed by atoms with E-state index in [-0.39, 0.29) is 18.2 Å². The Morgan fingerprint density at radius 3 is 2.76 bits per heavy atom. The van der Waals surface area contributed by atoms with Crippen LogP contribution < -0.4 is 10.2 Å². The molecule has 4 rings (SSSR count). The van der Waals surface area contributed by atoms with Crippen molar-refractivity contribution in [1.29, 1.82) is 0 Å². The van der Waals surface area contributed by atoms with E-state index in [1.165, 1.54) is 0 Å². The first-order valence-corrected chi connectivity index (χ1v) is 8.71. The van der Waals surface area contributed by atoms with Gasteiger partial charge < -0.3 is 9.88 Å². The molecule has 6 nitrogen and oxygen atoms in total. The summed E-state index contributed by atoms with van der Waals surface area (Å²) in [6.07, 6.45) is 0.188. The summed E-state index contributed by atoms with van der Waals surface area (Å²) in [5, 5.41) is 2.78. The average molecular weight is 399 g/mol. The second-order valence-corrected chi connectivity index (χ2v) is 6.80. The van der Waals surface area contributed by atoms with Crippen molar-refractivity contribution < 1.29 is 9.59 Å². The molecule has 2 aromatic carbocycles. The number of benzene rings is 2. The Balaban J connectivity index is 1.50. The van der Waals surface area contributed by atoms with Crippen molar-refractivity contribution in [2.75, 3.05) is 16.8 Å². The number of nitrogens with zero attached hydrogens (tertiary/aromatic N) is 2. The zero-order valence-corrected chi connectivity index (χ0v) is 14.8. The summed E-state index contributed by atoms with van der Waals surface area (Å²) in [5.41, 5.74) is 2.43. The van der Waals surface area contributed by atoms with Crippen LogP contribution >= 0.6 is 15.9 Å². The Kier molecular flexibility index (Phi) is 4.01. The van der Waals surface area contributed by atoms with Gasteiger partial charge in [-0.25, -0.2) is 4.98 Å². The highest BCUT2D eigenvalue weighted by Gasteiger charge is 2.36. The molecule has 1 aliphatic heterocycles. The van der Waals surface area contributed by atoms with Gasteiger partial charge in [0.05, 0.1) is 22.6 Å². The van der Waals surface area contributed by atoms with Crippen molar-refractivity contribution in [3.05, 3.63) is 53.0 Å². The van der Waals surface area contributed by atoms with Gasteiger partial charge in [-0.3, -0.25) is 14.9 Å². The number of carbonyl (C=O) groups is 2. The molecule has 1 aromatic heterocycles. The van der Waals surface area contributed by atoms with Gasteiger partial charge in [-0.2, -0.15) is 0 Å². The first-order chi connectivity index (χ1) is 12.1. The fourth-order valence-corrected chi connectivity index (χ4v) is 3.52. The highest BCUT2D eigenvalue weighted by molar-refractivity contribution is 9.10. The number of rotatable bonds is 3. The maximum atomic E-state index is 12.5. The molecule has 2 N–H and O–H groups in total. The van der Waals surface area contributed by atoms with Gasteiger partial charge in [0.25, 0.3) is 0 Å². The Bertz CT molecular complexity index is 935. The summed E-state index contributed by atoms with van der Waals surface area (Å²) < 4.78 is 0.835. The normalized spacial score (nSPS) is 17.2. The lowest BCUT2D eigenvalue weighted by Gasteiger charge is -2.18. The summed E-state index contributed by atoms with van der Waals surface area (Å²) in [4.78, 5) is 33.9. The van der Waals surface area contributed by atoms with E-state index in [4.69, 9.17) is 0 Å². The van der Waals surface area contributed by atoms with Crippen molar-refractivity contribution in [2.24, 2.45) is 5.92 Å². The zero-order valence-electron chi connectivity index (χ0n) is 13.2. The molecule has 1 aliphatic rings. The number of amides is 2. The SMILES string of the molecule is O=C(Nc1nc2ccccc2[nH]1)C1CC(=O)N(c2ccccc2Br)C1. The number of anilines is 2. The molecule has 1 fully saturated rings. The molecule has 126 valence electrons. The van der Waals surface area contributed by atoms with Gasteiger partial charge in [-0.1, -0.05) is 24.3 Å². The van der Waals surface area contributed by atoms with Gasteiger partial charge in [-0.05, 0) is 40.2 Å². The van der Waals surface area contributed by atoms with Crippen LogP contribution in [-0.2, 0) is 9.59 Å². The van der Waals surface area contributed by atoms with Crippen LogP contribution in [0.25, 0.3) is 11.0 Å². The predicted octanol–water partition coefficient (Wildman–Crippen LogP) is 3.32. The number of nitrogens with one attached hydrogen (secondary N) is 2. The number of aromatic amines is 1. The minimum atomic E-state index is -0.409. The number of aromatic nitrogens is 2. The molecule has 0 aliphatic carbocycles. The van der Waals surface area contributed by atoms with Gasteiger partial charge in [0.1, 0.15) is 0 Å². The Morgan fingerprint density at radius 2 is 1.96 bits per heavy atom. The van der Waals surface area contributed by atoms with Crippen molar-refractivity contribution in [3.63, 3.8) is 0 Å². The molecule has 25 heavy (non-hydrogen) atoms. The average Bonchev–Trinajstić information content (AvgIpc) is 3.18. The van der Waals surface area contributed by atoms with Crippen LogP contribution in [0, 0.1) is 5.92 Å². The van der Waals surface area contributed by atoms with Crippen molar-refractivity contribution in [2.45, 2.75) is 6.42 Å². The van der Waals surface area contributed by atoms with Crippen LogP contribution in [0.5, 0.6) is 0 Å². The summed E-state index contributed by atoms with van der Waals surface area (Å²) in [6.45, 7) is 0.355. The molecular formula is C18H15BrN4O2. The third-order valence-electron chi connectivity index (χ3n) is 4.27. The van der Waals surface area contributed by atoms with Crippen LogP contribution in [0.4, 0.5) is 11.6 Å². The zero-order chi connectivity index (χ0) is 17.4. The second kappa shape index (κ2) is 6.33. The molecule has 2 amide bonds. The third-order valence-corrected chi connectivity index (χ3v) is 4.94. The maximum absolute atomic E-state index is 12.5. The lowest BCUT2D eigenvalue weighted by molar-refractivity contribution is -0.122. The van der Waals surface area contributed by atoms with Gasteiger partial charge in [0.2, 0.25) is 17.8 Å². The summed E-state index contributed by atoms with van der Waals surface area (Å²) in [7, 11) is 0. The van der Waals surface area contributed by atoms with E-state index < -0.39 is 5.92 Å². The minimum absolute atomic E-state index is 0.0587. The van der Waals surface area contributed by atoms with E-state index in [2.05, 4.69) is 31.2 Å². The van der Waals surface area contributed by atoms with E-state index in [0.717, 1.165) is 21.2 Å². The largest absolute Gasteiger partial charge is 0.324 e. The van der Waals surface area contributed by atoms with Gasteiger partial charge >= 0.3 is 0 Å². The fourth-order valence-electron chi connectivity index (χ4n) is 3.02. The number of carbonyl (C=O) groups excluding carboxylic acids is 2. The molecule has 0 radical (unpaired) electrons. The van der Waals surface area contributed by atoms with E-state index in [1.807, 2.05) is 48.5 Å². The number of hydrogen-bond donors (Lipinski definition) is 2. The highest BCUT2D eigenvalue weighted by atomic mass is 79.9. The minimum Gasteiger partial charge on any atom is -0.324 e. The van der Waals surface area contributed by atoms with Crippen molar-refractivity contribution in [3.8, 4) is 0 Å². The maximum Gasteiger partial charge on any atom is 0.232 e. The van der Waals surface area contributed by atoms with Crippen LogP contribution in [0.2, 0.25) is 0 Å². The lowest BCUT2D eigenvalue weighted by atomic mass is 10.1. The Morgan fingerprint density at radius 1 is 1.20 bits per heavy atom. The molecule has 0 bridgehead atoms. The number of H-pyrrole nitrogens is 1. The van der Waals surface area contributed by atoms with Gasteiger partial charge in [0.15, 0.2) is 0 Å². The molecule has 2 heterocycles. The quantitative estimate of drug-likeness (QED) is 0.710. The number of imidazole rings is 1. The number of para-hydroxylation sites is 3. The molecule has 7 heteroatoms. The summed E-state index contributed by atoms with van der Waals surface area (Å²) >= 11 is 3.45. The molecule has 1 saturated heterocycles. The smallest absolute Gasteiger partial charge is 0.232 e. The first-order valence-electron chi connectivity index (χ1n) is 7.92. The Labute approximate surface area is 152 Å². The number of hydrogen-bond acceptors (Lipinski definition) is 3. The van der Waals surface area contributed by atoms with Crippen LogP contribution in [0.15, 0.2) is 53.0 Å². The van der Waals surface area contributed by atoms with Crippen LogP contribution in [0.1, 0.15) is 6.42 Å². The lowest BCUT2D eigenvalue weighted by Crippen LogP contribution is -2.28. The topological polar surface area (TPSA) is 78.1 Å². The van der Waals surface area contributed by atoms with E-state index in [1.54, 1.807) is 4.90 Å². The number of fused-ring (bicyclic) bond motifs is 1. The second-order valence-electron chi connectivity index (χ2n) is 5.95. The van der Waals surface area contributed by atoms with Gasteiger partial charge in [-0.15, -0.1) is 0 Å². The van der Waals surface area contributed by atoms with E-state index in [9.17, 15) is 9.59 Å². The highest BCUT2D eigenvalue weighted by Crippen LogP contribution is 2.31. The molecular weight excluding hydrogens is 384 g/mol. The van der Waals surface area contributed by atoms with E-state index >= 15 is 0 Å². The van der Waals surface area contributed by atoms with Crippen molar-refractivity contribution >= 4 is 50.4 Å². The molecule has 1 atom stereocenters. The monoisotopic (exact) mass is 398 g/mol. The Hall–Kier alpha value is -2.67. The standard InChI is InChI=1S/C18H15BrN4O2/c19-12-5-1-4-8-15(12)23-10-11(9-16(23)24)17(25)22-18-20-13-6-2-3-7-14(13)21-18/h1-8,11H,9-10H2,(H2,20,21,22,25).